The summed E-state index contributed by atoms with van der Waals surface area (Å²) in [6.07, 6.45) is 0. The molecule has 2 heterocycles. The molecule has 0 saturated heterocycles. The fourth-order valence-corrected chi connectivity index (χ4v) is 3.18. The summed E-state index contributed by atoms with van der Waals surface area (Å²) in [5.74, 6) is 1.30. The van der Waals surface area contributed by atoms with E-state index in [4.69, 9.17) is 0 Å². The monoisotopic (exact) mass is 447 g/mol. The number of hydrogen-bond acceptors (Lipinski definition) is 3. The molecule has 2 aromatic rings. The number of nitrogens with zero attached hydrogens (tertiary/aromatic N) is 3. The number of halogens is 1. The molecular formula is C16H26IN5S. The minimum atomic E-state index is 0. The van der Waals surface area contributed by atoms with E-state index in [2.05, 4.69) is 52.1 Å². The Morgan fingerprint density at radius 2 is 2.13 bits per heavy atom. The van der Waals surface area contributed by atoms with Gasteiger partial charge in [-0.05, 0) is 25.3 Å². The molecular weight excluding hydrogens is 421 g/mol. The van der Waals surface area contributed by atoms with Gasteiger partial charge >= 0.3 is 0 Å². The van der Waals surface area contributed by atoms with Gasteiger partial charge in [0.15, 0.2) is 5.96 Å². The smallest absolute Gasteiger partial charge is 0.191 e. The summed E-state index contributed by atoms with van der Waals surface area (Å²) >= 11 is 1.80. The molecule has 23 heavy (non-hydrogen) atoms. The van der Waals surface area contributed by atoms with Crippen LogP contribution in [0.4, 0.5) is 0 Å². The molecule has 1 unspecified atom stereocenters. The first-order chi connectivity index (χ1) is 10.5. The lowest BCUT2D eigenvalue weighted by molar-refractivity contribution is 0.706. The number of guanidine groups is 1. The van der Waals surface area contributed by atoms with Gasteiger partial charge in [0.2, 0.25) is 0 Å². The van der Waals surface area contributed by atoms with E-state index in [0.717, 1.165) is 24.7 Å². The zero-order valence-corrected chi connectivity index (χ0v) is 17.5. The Morgan fingerprint density at radius 1 is 1.39 bits per heavy atom. The molecule has 0 aliphatic heterocycles. The molecule has 0 bridgehead atoms. The van der Waals surface area contributed by atoms with Crippen LogP contribution in [0.15, 0.2) is 22.5 Å². The van der Waals surface area contributed by atoms with Gasteiger partial charge in [0, 0.05) is 49.2 Å². The Hall–Kier alpha value is -1.09. The minimum Gasteiger partial charge on any atom is -0.356 e. The molecule has 2 aromatic heterocycles. The van der Waals surface area contributed by atoms with E-state index < -0.39 is 0 Å². The van der Waals surface area contributed by atoms with Crippen LogP contribution in [0.2, 0.25) is 0 Å². The van der Waals surface area contributed by atoms with Crippen LogP contribution in [-0.2, 0) is 13.6 Å². The molecule has 0 fully saturated rings. The van der Waals surface area contributed by atoms with E-state index in [-0.39, 0.29) is 24.0 Å². The van der Waals surface area contributed by atoms with Crippen LogP contribution < -0.4 is 10.6 Å². The summed E-state index contributed by atoms with van der Waals surface area (Å²) < 4.78 is 1.92. The van der Waals surface area contributed by atoms with Gasteiger partial charge in [0.05, 0.1) is 5.69 Å². The summed E-state index contributed by atoms with van der Waals surface area (Å²) in [4.78, 5) is 5.68. The highest BCUT2D eigenvalue weighted by Gasteiger charge is 2.11. The lowest BCUT2D eigenvalue weighted by Gasteiger charge is -2.15. The topological polar surface area (TPSA) is 54.2 Å². The van der Waals surface area contributed by atoms with Crippen molar-refractivity contribution in [2.45, 2.75) is 33.2 Å². The first-order valence-electron chi connectivity index (χ1n) is 7.50. The van der Waals surface area contributed by atoms with E-state index in [1.54, 1.807) is 18.4 Å². The molecule has 7 heteroatoms. The molecule has 5 nitrogen and oxygen atoms in total. The van der Waals surface area contributed by atoms with Crippen molar-refractivity contribution in [1.29, 1.82) is 0 Å². The Bertz CT molecular complexity index is 633. The first-order valence-corrected chi connectivity index (χ1v) is 8.38. The van der Waals surface area contributed by atoms with Gasteiger partial charge in [-0.15, -0.1) is 35.3 Å². The average molecular weight is 447 g/mol. The molecule has 0 aromatic carbocycles. The molecule has 128 valence electrons. The number of aromatic nitrogens is 2. The van der Waals surface area contributed by atoms with Gasteiger partial charge in [0.1, 0.15) is 0 Å². The van der Waals surface area contributed by atoms with Crippen molar-refractivity contribution < 1.29 is 0 Å². The van der Waals surface area contributed by atoms with Crippen LogP contribution in [0.25, 0.3) is 0 Å². The second-order valence-electron chi connectivity index (χ2n) is 5.50. The summed E-state index contributed by atoms with van der Waals surface area (Å²) in [5.41, 5.74) is 3.49. The maximum atomic E-state index is 4.44. The van der Waals surface area contributed by atoms with Crippen LogP contribution >= 0.6 is 35.3 Å². The van der Waals surface area contributed by atoms with Crippen molar-refractivity contribution in [1.82, 2.24) is 20.4 Å². The molecule has 0 amide bonds. The standard InChI is InChI=1S/C16H25N5S.HI/c1-11(15-7-6-8-22-15)9-18-16(17-4)19-10-14-12(2)20-21(5)13(14)3;/h6-8,11H,9-10H2,1-5H3,(H2,17,18,19);1H. The lowest BCUT2D eigenvalue weighted by Crippen LogP contribution is -2.38. The van der Waals surface area contributed by atoms with E-state index in [1.807, 2.05) is 18.7 Å². The molecule has 0 aliphatic carbocycles. The highest BCUT2D eigenvalue weighted by atomic mass is 127. The summed E-state index contributed by atoms with van der Waals surface area (Å²) in [7, 11) is 3.77. The van der Waals surface area contributed by atoms with E-state index >= 15 is 0 Å². The van der Waals surface area contributed by atoms with Crippen LogP contribution in [0.3, 0.4) is 0 Å². The quantitative estimate of drug-likeness (QED) is 0.421. The fraction of sp³-hybridized carbons (Fsp3) is 0.500. The number of aryl methyl sites for hydroxylation is 2. The highest BCUT2D eigenvalue weighted by Crippen LogP contribution is 2.19. The summed E-state index contributed by atoms with van der Waals surface area (Å²) in [6.45, 7) is 7.95. The van der Waals surface area contributed by atoms with Crippen molar-refractivity contribution >= 4 is 41.3 Å². The Morgan fingerprint density at radius 3 is 2.65 bits per heavy atom. The third-order valence-electron chi connectivity index (χ3n) is 3.92. The number of hydrogen-bond donors (Lipinski definition) is 2. The normalized spacial score (nSPS) is 12.7. The van der Waals surface area contributed by atoms with Gasteiger partial charge in [-0.1, -0.05) is 13.0 Å². The summed E-state index contributed by atoms with van der Waals surface area (Å²) in [6, 6.07) is 4.27. The van der Waals surface area contributed by atoms with Crippen molar-refractivity contribution in [3.8, 4) is 0 Å². The molecule has 0 saturated carbocycles. The summed E-state index contributed by atoms with van der Waals surface area (Å²) in [5, 5.41) is 13.3. The number of nitrogens with one attached hydrogen (secondary N) is 2. The fourth-order valence-electron chi connectivity index (χ4n) is 2.39. The molecule has 2 N–H and O–H groups in total. The van der Waals surface area contributed by atoms with Gasteiger partial charge in [-0.25, -0.2) is 0 Å². The Labute approximate surface area is 159 Å². The zero-order chi connectivity index (χ0) is 16.1. The Balaban J connectivity index is 0.00000264. The largest absolute Gasteiger partial charge is 0.356 e. The second kappa shape index (κ2) is 9.27. The SMILES string of the molecule is CN=C(NCc1c(C)nn(C)c1C)NCC(C)c1cccs1.I. The van der Waals surface area contributed by atoms with Crippen molar-refractivity contribution in [3.63, 3.8) is 0 Å². The van der Waals surface area contributed by atoms with Crippen LogP contribution in [-0.4, -0.2) is 29.3 Å². The van der Waals surface area contributed by atoms with Gasteiger partial charge in [-0.2, -0.15) is 5.10 Å². The molecule has 0 aliphatic rings. The van der Waals surface area contributed by atoms with Gasteiger partial charge in [-0.3, -0.25) is 9.67 Å². The van der Waals surface area contributed by atoms with E-state index in [9.17, 15) is 0 Å². The van der Waals surface area contributed by atoms with Crippen molar-refractivity contribution in [3.05, 3.63) is 39.3 Å². The van der Waals surface area contributed by atoms with Crippen molar-refractivity contribution in [2.75, 3.05) is 13.6 Å². The predicted molar refractivity (Wildman–Crippen MR) is 109 cm³/mol. The van der Waals surface area contributed by atoms with E-state index in [0.29, 0.717) is 5.92 Å². The maximum absolute atomic E-state index is 4.44. The number of aliphatic imine (C=N–C) groups is 1. The lowest BCUT2D eigenvalue weighted by atomic mass is 10.1. The molecule has 1 atom stereocenters. The minimum absolute atomic E-state index is 0. The van der Waals surface area contributed by atoms with Crippen molar-refractivity contribution in [2.24, 2.45) is 12.0 Å². The van der Waals surface area contributed by atoms with Crippen LogP contribution in [0.5, 0.6) is 0 Å². The highest BCUT2D eigenvalue weighted by molar-refractivity contribution is 14.0. The Kier molecular flexibility index (Phi) is 8.04. The third-order valence-corrected chi connectivity index (χ3v) is 5.02. The molecule has 2 rings (SSSR count). The number of rotatable bonds is 5. The molecule has 0 spiro atoms. The zero-order valence-electron chi connectivity index (χ0n) is 14.4. The predicted octanol–water partition coefficient (Wildman–Crippen LogP) is 3.19. The number of thiophene rings is 1. The first kappa shape index (κ1) is 20.0. The third kappa shape index (κ3) is 5.20. The van der Waals surface area contributed by atoms with Gasteiger partial charge < -0.3 is 10.6 Å². The van der Waals surface area contributed by atoms with Crippen LogP contribution in [0.1, 0.15) is 34.7 Å². The van der Waals surface area contributed by atoms with Crippen LogP contribution in [0, 0.1) is 13.8 Å². The van der Waals surface area contributed by atoms with E-state index in [1.165, 1.54) is 16.1 Å². The molecule has 0 radical (unpaired) electrons. The second-order valence-corrected chi connectivity index (χ2v) is 6.48. The maximum Gasteiger partial charge on any atom is 0.191 e. The average Bonchev–Trinajstić information content (AvgIpc) is 3.10. The van der Waals surface area contributed by atoms with Gasteiger partial charge in [0.25, 0.3) is 0 Å².